The summed E-state index contributed by atoms with van der Waals surface area (Å²) in [5.41, 5.74) is 5.92. The van der Waals surface area contributed by atoms with Gasteiger partial charge in [-0.3, -0.25) is 10.00 Å². The van der Waals surface area contributed by atoms with Gasteiger partial charge in [0.15, 0.2) is 5.82 Å². The van der Waals surface area contributed by atoms with Crippen molar-refractivity contribution in [2.45, 2.75) is 45.3 Å². The van der Waals surface area contributed by atoms with Gasteiger partial charge in [-0.25, -0.2) is 19.9 Å². The van der Waals surface area contributed by atoms with Crippen molar-refractivity contribution in [2.75, 3.05) is 25.1 Å². The summed E-state index contributed by atoms with van der Waals surface area (Å²) in [6, 6.07) is 11.2. The average molecular weight is 517 g/mol. The first-order chi connectivity index (χ1) is 17.9. The predicted molar refractivity (Wildman–Crippen MR) is 142 cm³/mol. The summed E-state index contributed by atoms with van der Waals surface area (Å²) in [4.78, 5) is 23.5. The molecule has 9 nitrogen and oxygen atoms in total. The maximum absolute atomic E-state index is 6.27. The van der Waals surface area contributed by atoms with E-state index in [1.807, 2.05) is 44.4 Å². The molecule has 2 unspecified atom stereocenters. The number of anilines is 1. The molecule has 0 saturated carbocycles. The summed E-state index contributed by atoms with van der Waals surface area (Å²) in [7, 11) is 1.58. The van der Waals surface area contributed by atoms with E-state index in [2.05, 4.69) is 42.1 Å². The van der Waals surface area contributed by atoms with Crippen LogP contribution in [-0.4, -0.2) is 67.3 Å². The molecule has 0 spiro atoms. The summed E-state index contributed by atoms with van der Waals surface area (Å²) >= 11 is 6.27. The zero-order chi connectivity index (χ0) is 25.5. The molecule has 7 heterocycles. The Balaban J connectivity index is 1.11. The Morgan fingerprint density at radius 3 is 2.54 bits per heavy atom. The van der Waals surface area contributed by atoms with Crippen LogP contribution in [0, 0.1) is 13.8 Å². The summed E-state index contributed by atoms with van der Waals surface area (Å²) in [6.45, 7) is 6.74. The van der Waals surface area contributed by atoms with Gasteiger partial charge >= 0.3 is 0 Å². The molecule has 3 aliphatic rings. The van der Waals surface area contributed by atoms with Gasteiger partial charge in [-0.05, 0) is 56.2 Å². The van der Waals surface area contributed by atoms with E-state index in [9.17, 15) is 0 Å². The van der Waals surface area contributed by atoms with Crippen molar-refractivity contribution < 1.29 is 4.74 Å². The van der Waals surface area contributed by atoms with Crippen LogP contribution < -0.4 is 9.64 Å². The number of aromatic amines is 1. The number of nitrogens with one attached hydrogen (secondary N) is 1. The van der Waals surface area contributed by atoms with Crippen LogP contribution in [0.4, 0.5) is 5.82 Å². The molecule has 1 N–H and O–H groups in total. The van der Waals surface area contributed by atoms with Gasteiger partial charge in [0.05, 0.1) is 18.5 Å². The van der Waals surface area contributed by atoms with Crippen molar-refractivity contribution in [3.63, 3.8) is 0 Å². The highest BCUT2D eigenvalue weighted by atomic mass is 35.5. The molecule has 0 aromatic carbocycles. The van der Waals surface area contributed by atoms with Crippen molar-refractivity contribution in [3.05, 3.63) is 76.1 Å². The molecule has 3 saturated heterocycles. The summed E-state index contributed by atoms with van der Waals surface area (Å²) in [5.74, 6) is 2.16. The maximum atomic E-state index is 6.27. The van der Waals surface area contributed by atoms with Crippen LogP contribution in [-0.2, 0) is 13.0 Å². The second-order valence-electron chi connectivity index (χ2n) is 9.90. The van der Waals surface area contributed by atoms with E-state index in [-0.39, 0.29) is 0 Å². The molecule has 2 atom stereocenters. The Morgan fingerprint density at radius 1 is 1.03 bits per heavy atom. The lowest BCUT2D eigenvalue weighted by Crippen LogP contribution is -2.68. The number of piperidine rings is 1. The monoisotopic (exact) mass is 516 g/mol. The van der Waals surface area contributed by atoms with Crippen LogP contribution in [0.2, 0.25) is 5.02 Å². The van der Waals surface area contributed by atoms with Crippen molar-refractivity contribution in [1.82, 2.24) is 35.0 Å². The minimum atomic E-state index is 0.468. The first-order valence-corrected chi connectivity index (χ1v) is 12.8. The summed E-state index contributed by atoms with van der Waals surface area (Å²) in [6.07, 6.45) is 5.61. The zero-order valence-corrected chi connectivity index (χ0v) is 21.9. The first kappa shape index (κ1) is 23.8. The van der Waals surface area contributed by atoms with E-state index in [0.29, 0.717) is 35.2 Å². The van der Waals surface area contributed by atoms with Gasteiger partial charge in [0.1, 0.15) is 10.8 Å². The zero-order valence-electron chi connectivity index (χ0n) is 21.1. The largest absolute Gasteiger partial charge is 0.480 e. The molecule has 2 bridgehead atoms. The maximum Gasteiger partial charge on any atom is 0.232 e. The number of H-pyrrole nitrogens is 1. The predicted octanol–water partition coefficient (Wildman–Crippen LogP) is 3.99. The first-order valence-electron chi connectivity index (χ1n) is 12.5. The van der Waals surface area contributed by atoms with Crippen LogP contribution in [0.15, 0.2) is 42.7 Å². The minimum Gasteiger partial charge on any atom is -0.480 e. The van der Waals surface area contributed by atoms with Crippen LogP contribution in [0.25, 0.3) is 11.4 Å². The quantitative estimate of drug-likeness (QED) is 0.394. The number of hydrogen-bond acceptors (Lipinski definition) is 8. The fraction of sp³-hybridized carbons (Fsp3) is 0.370. The number of aromatic nitrogens is 6. The number of aryl methyl sites for hydroxylation is 2. The topological polar surface area (TPSA) is 96.0 Å². The smallest absolute Gasteiger partial charge is 0.232 e. The fourth-order valence-electron chi connectivity index (χ4n) is 5.35. The highest BCUT2D eigenvalue weighted by Crippen LogP contribution is 2.36. The Kier molecular flexibility index (Phi) is 6.26. The number of halogens is 1. The van der Waals surface area contributed by atoms with Gasteiger partial charge in [-0.1, -0.05) is 11.6 Å². The van der Waals surface area contributed by atoms with Gasteiger partial charge in [-0.15, -0.1) is 0 Å². The number of nitrogens with zero attached hydrogens (tertiary/aromatic N) is 7. The molecule has 0 aliphatic carbocycles. The van der Waals surface area contributed by atoms with E-state index in [1.165, 1.54) is 6.42 Å². The number of fused-ring (bicyclic) bond motifs is 2. The highest BCUT2D eigenvalue weighted by molar-refractivity contribution is 6.31. The number of methoxy groups -OCH3 is 1. The summed E-state index contributed by atoms with van der Waals surface area (Å²) in [5, 5.41) is 7.88. The third-order valence-corrected chi connectivity index (χ3v) is 7.40. The van der Waals surface area contributed by atoms with Gasteiger partial charge in [-0.2, -0.15) is 5.10 Å². The highest BCUT2D eigenvalue weighted by Gasteiger charge is 2.44. The lowest BCUT2D eigenvalue weighted by atomic mass is 9.87. The van der Waals surface area contributed by atoms with Crippen LogP contribution in [0.1, 0.15) is 34.8 Å². The molecule has 7 rings (SSSR count). The van der Waals surface area contributed by atoms with Crippen molar-refractivity contribution in [3.8, 4) is 17.3 Å². The molecule has 3 aliphatic heterocycles. The van der Waals surface area contributed by atoms with Crippen LogP contribution >= 0.6 is 11.6 Å². The Bertz CT molecular complexity index is 1410. The van der Waals surface area contributed by atoms with Crippen LogP contribution in [0.3, 0.4) is 0 Å². The number of ether oxygens (including phenoxy) is 1. The molecule has 37 heavy (non-hydrogen) atoms. The van der Waals surface area contributed by atoms with Crippen LogP contribution in [0.5, 0.6) is 5.88 Å². The van der Waals surface area contributed by atoms with E-state index >= 15 is 0 Å². The normalized spacial score (nSPS) is 19.1. The Labute approximate surface area is 220 Å². The molecule has 0 radical (unpaired) electrons. The third-order valence-electron chi connectivity index (χ3n) is 7.13. The molecule has 4 aromatic heterocycles. The van der Waals surface area contributed by atoms with E-state index in [0.717, 1.165) is 59.4 Å². The minimum absolute atomic E-state index is 0.468. The SMILES string of the molecule is COc1ncc(CN2C3CC2CN(c2ccc(-c4nc(C)cc(Cc5cc(C)[nH]n5)n4)cn2)C3)cc1Cl. The number of piperazine rings is 1. The second-order valence-corrected chi connectivity index (χ2v) is 10.3. The van der Waals surface area contributed by atoms with Gasteiger partial charge in [0, 0.05) is 67.5 Å². The third kappa shape index (κ3) is 4.89. The van der Waals surface area contributed by atoms with Gasteiger partial charge < -0.3 is 9.64 Å². The van der Waals surface area contributed by atoms with E-state index < -0.39 is 0 Å². The standard InChI is InChI=1S/C27H29ClN8O/c1-16-6-20(9-21-7-17(2)33-34-21)32-26(31-16)19-4-5-25(29-12-19)35-14-22-10-23(15-35)36(22)13-18-8-24(28)27(37-3)30-11-18/h4-8,11-12,22-23H,9-10,13-15H2,1-3H3,(H,33,34). The Morgan fingerprint density at radius 2 is 1.86 bits per heavy atom. The lowest BCUT2D eigenvalue weighted by Gasteiger charge is -2.56. The molecule has 0 amide bonds. The number of rotatable bonds is 7. The lowest BCUT2D eigenvalue weighted by molar-refractivity contribution is -0.00876. The average Bonchev–Trinajstić information content (AvgIpc) is 3.31. The number of pyridine rings is 2. The van der Waals surface area contributed by atoms with Crippen molar-refractivity contribution in [1.29, 1.82) is 0 Å². The van der Waals surface area contributed by atoms with Gasteiger partial charge in [0.2, 0.25) is 5.88 Å². The molecule has 190 valence electrons. The summed E-state index contributed by atoms with van der Waals surface area (Å²) < 4.78 is 5.17. The van der Waals surface area contributed by atoms with Crippen molar-refractivity contribution in [2.24, 2.45) is 0 Å². The molecule has 10 heteroatoms. The molecule has 4 aromatic rings. The van der Waals surface area contributed by atoms with E-state index in [1.54, 1.807) is 7.11 Å². The Hall–Kier alpha value is -3.56. The van der Waals surface area contributed by atoms with E-state index in [4.69, 9.17) is 26.3 Å². The second kappa shape index (κ2) is 9.72. The van der Waals surface area contributed by atoms with Crippen molar-refractivity contribution >= 4 is 17.4 Å². The molecule has 3 fully saturated rings. The molecular weight excluding hydrogens is 488 g/mol. The molecular formula is C27H29ClN8O. The number of hydrogen-bond donors (Lipinski definition) is 1. The fourth-order valence-corrected chi connectivity index (χ4v) is 5.62. The van der Waals surface area contributed by atoms with Gasteiger partial charge in [0.25, 0.3) is 0 Å².